The SMILES string of the molecule is CNCC1Oc2c(F)cccc2C1N1C(=O)C(C)(C)c2c(F)cccc21. The van der Waals surface area contributed by atoms with Gasteiger partial charge < -0.3 is 10.1 Å². The number of para-hydroxylation sites is 1. The molecule has 2 atom stereocenters. The number of carbonyl (C=O) groups is 1. The Morgan fingerprint density at radius 3 is 2.58 bits per heavy atom. The van der Waals surface area contributed by atoms with Gasteiger partial charge in [-0.3, -0.25) is 9.69 Å². The Kier molecular flexibility index (Phi) is 3.77. The van der Waals surface area contributed by atoms with Crippen LogP contribution in [0.1, 0.15) is 31.0 Å². The number of rotatable bonds is 3. The Balaban J connectivity index is 1.91. The highest BCUT2D eigenvalue weighted by molar-refractivity contribution is 6.08. The van der Waals surface area contributed by atoms with Gasteiger partial charge in [-0.15, -0.1) is 0 Å². The molecule has 136 valence electrons. The van der Waals surface area contributed by atoms with Crippen LogP contribution in [0.15, 0.2) is 36.4 Å². The summed E-state index contributed by atoms with van der Waals surface area (Å²) in [6, 6.07) is 8.86. The van der Waals surface area contributed by atoms with Crippen molar-refractivity contribution in [3.63, 3.8) is 0 Å². The molecule has 2 unspecified atom stereocenters. The summed E-state index contributed by atoms with van der Waals surface area (Å²) in [5, 5.41) is 3.03. The maximum atomic E-state index is 14.5. The van der Waals surface area contributed by atoms with Crippen molar-refractivity contribution in [2.24, 2.45) is 0 Å². The van der Waals surface area contributed by atoms with Gasteiger partial charge in [0.2, 0.25) is 5.91 Å². The number of hydrogen-bond donors (Lipinski definition) is 1. The third kappa shape index (κ3) is 2.18. The standard InChI is InChI=1S/C20H20F2N2O2/c1-20(2)16-12(21)7-5-9-14(16)24(19(20)25)17-11-6-4-8-13(22)18(11)26-15(17)10-23-3/h4-9,15,17,23H,10H2,1-3H3. The molecule has 0 radical (unpaired) electrons. The van der Waals surface area contributed by atoms with Gasteiger partial charge in [-0.2, -0.15) is 0 Å². The fourth-order valence-electron chi connectivity index (χ4n) is 4.08. The zero-order valence-corrected chi connectivity index (χ0v) is 14.8. The molecule has 1 N–H and O–H groups in total. The number of carbonyl (C=O) groups excluding carboxylic acids is 1. The Morgan fingerprint density at radius 2 is 1.85 bits per heavy atom. The Morgan fingerprint density at radius 1 is 1.15 bits per heavy atom. The van der Waals surface area contributed by atoms with Crippen molar-refractivity contribution in [1.82, 2.24) is 5.32 Å². The van der Waals surface area contributed by atoms with Gasteiger partial charge in [0.25, 0.3) is 0 Å². The van der Waals surface area contributed by atoms with Crippen LogP contribution in [0.25, 0.3) is 0 Å². The lowest BCUT2D eigenvalue weighted by atomic mass is 9.86. The molecule has 2 heterocycles. The molecule has 0 aromatic heterocycles. The van der Waals surface area contributed by atoms with E-state index in [9.17, 15) is 13.6 Å². The molecule has 0 aliphatic carbocycles. The molecule has 26 heavy (non-hydrogen) atoms. The van der Waals surface area contributed by atoms with E-state index in [-0.39, 0.29) is 11.7 Å². The number of amides is 1. The van der Waals surface area contributed by atoms with E-state index in [1.807, 2.05) is 0 Å². The van der Waals surface area contributed by atoms with Crippen LogP contribution in [-0.4, -0.2) is 25.6 Å². The zero-order chi connectivity index (χ0) is 18.6. The molecule has 0 spiro atoms. The summed E-state index contributed by atoms with van der Waals surface area (Å²) in [5.74, 6) is -0.930. The number of ether oxygens (including phenoxy) is 1. The Bertz CT molecular complexity index is 897. The summed E-state index contributed by atoms with van der Waals surface area (Å²) in [7, 11) is 1.77. The van der Waals surface area contributed by atoms with E-state index >= 15 is 0 Å². The van der Waals surface area contributed by atoms with Crippen molar-refractivity contribution < 1.29 is 18.3 Å². The Hall–Kier alpha value is -2.47. The maximum Gasteiger partial charge on any atom is 0.237 e. The molecule has 2 aromatic carbocycles. The van der Waals surface area contributed by atoms with Crippen LogP contribution >= 0.6 is 0 Å². The van der Waals surface area contributed by atoms with Crippen molar-refractivity contribution in [1.29, 1.82) is 0 Å². The third-order valence-corrected chi connectivity index (χ3v) is 5.25. The first kappa shape index (κ1) is 17.0. The molecule has 2 aliphatic heterocycles. The van der Waals surface area contributed by atoms with Crippen LogP contribution in [0.3, 0.4) is 0 Å². The predicted molar refractivity (Wildman–Crippen MR) is 94.4 cm³/mol. The highest BCUT2D eigenvalue weighted by Crippen LogP contribution is 2.51. The van der Waals surface area contributed by atoms with E-state index in [0.717, 1.165) is 0 Å². The van der Waals surface area contributed by atoms with Gasteiger partial charge in [0.05, 0.1) is 11.1 Å². The largest absolute Gasteiger partial charge is 0.483 e. The number of anilines is 1. The summed E-state index contributed by atoms with van der Waals surface area (Å²) < 4.78 is 34.6. The van der Waals surface area contributed by atoms with E-state index in [1.54, 1.807) is 50.1 Å². The minimum Gasteiger partial charge on any atom is -0.483 e. The molecular formula is C20H20F2N2O2. The molecule has 4 rings (SSSR count). The lowest BCUT2D eigenvalue weighted by Gasteiger charge is -2.30. The van der Waals surface area contributed by atoms with Crippen LogP contribution in [0, 0.1) is 11.6 Å². The number of hydrogen-bond acceptors (Lipinski definition) is 3. The van der Waals surface area contributed by atoms with Crippen molar-refractivity contribution in [2.75, 3.05) is 18.5 Å². The fraction of sp³-hybridized carbons (Fsp3) is 0.350. The third-order valence-electron chi connectivity index (χ3n) is 5.25. The summed E-state index contributed by atoms with van der Waals surface area (Å²) in [6.07, 6.45) is -0.471. The molecule has 2 aromatic rings. The van der Waals surface area contributed by atoms with Crippen molar-refractivity contribution in [3.8, 4) is 5.75 Å². The zero-order valence-electron chi connectivity index (χ0n) is 14.8. The molecule has 2 aliphatic rings. The Labute approximate surface area is 150 Å². The first-order valence-corrected chi connectivity index (χ1v) is 8.60. The highest BCUT2D eigenvalue weighted by atomic mass is 19.1. The highest BCUT2D eigenvalue weighted by Gasteiger charge is 2.52. The van der Waals surface area contributed by atoms with E-state index in [0.29, 0.717) is 23.4 Å². The smallest absolute Gasteiger partial charge is 0.237 e. The van der Waals surface area contributed by atoms with Crippen LogP contribution in [0.2, 0.25) is 0 Å². The van der Waals surface area contributed by atoms with Crippen LogP contribution < -0.4 is 15.0 Å². The van der Waals surface area contributed by atoms with Gasteiger partial charge in [-0.25, -0.2) is 8.78 Å². The number of nitrogens with one attached hydrogen (secondary N) is 1. The van der Waals surface area contributed by atoms with Crippen LogP contribution in [0.4, 0.5) is 14.5 Å². The first-order valence-electron chi connectivity index (χ1n) is 8.60. The minimum atomic E-state index is -0.999. The number of nitrogens with zero attached hydrogens (tertiary/aromatic N) is 1. The van der Waals surface area contributed by atoms with Gasteiger partial charge in [0, 0.05) is 17.7 Å². The van der Waals surface area contributed by atoms with E-state index in [4.69, 9.17) is 4.74 Å². The number of benzene rings is 2. The van der Waals surface area contributed by atoms with E-state index < -0.39 is 29.2 Å². The molecule has 1 amide bonds. The molecule has 0 bridgehead atoms. The normalized spacial score (nSPS) is 23.0. The summed E-state index contributed by atoms with van der Waals surface area (Å²) in [5.41, 5.74) is 0.498. The van der Waals surface area contributed by atoms with Crippen LogP contribution in [-0.2, 0) is 10.2 Å². The minimum absolute atomic E-state index is 0.160. The molecule has 4 nitrogen and oxygen atoms in total. The summed E-state index contributed by atoms with van der Waals surface area (Å²) >= 11 is 0. The van der Waals surface area contributed by atoms with Gasteiger partial charge in [0.15, 0.2) is 11.6 Å². The van der Waals surface area contributed by atoms with Gasteiger partial charge in [0.1, 0.15) is 18.0 Å². The van der Waals surface area contributed by atoms with Crippen molar-refractivity contribution in [2.45, 2.75) is 31.4 Å². The second-order valence-electron chi connectivity index (χ2n) is 7.25. The summed E-state index contributed by atoms with van der Waals surface area (Å²) in [4.78, 5) is 14.8. The lowest BCUT2D eigenvalue weighted by Crippen LogP contribution is -2.45. The molecule has 0 fully saturated rings. The topological polar surface area (TPSA) is 41.6 Å². The first-order chi connectivity index (χ1) is 12.4. The average Bonchev–Trinajstić information content (AvgIpc) is 3.04. The number of halogens is 2. The van der Waals surface area contributed by atoms with E-state index in [1.165, 1.54) is 12.1 Å². The molecular weight excluding hydrogens is 338 g/mol. The second-order valence-corrected chi connectivity index (χ2v) is 7.25. The number of likely N-dealkylation sites (N-methyl/N-ethyl adjacent to an activating group) is 1. The van der Waals surface area contributed by atoms with E-state index in [2.05, 4.69) is 5.32 Å². The van der Waals surface area contributed by atoms with Gasteiger partial charge >= 0.3 is 0 Å². The fourth-order valence-corrected chi connectivity index (χ4v) is 4.08. The predicted octanol–water partition coefficient (Wildman–Crippen LogP) is 3.31. The molecule has 0 saturated heterocycles. The second kappa shape index (κ2) is 5.77. The maximum absolute atomic E-state index is 14.5. The van der Waals surface area contributed by atoms with Gasteiger partial charge in [-0.05, 0) is 39.1 Å². The van der Waals surface area contributed by atoms with Crippen molar-refractivity contribution in [3.05, 3.63) is 59.2 Å². The quantitative estimate of drug-likeness (QED) is 0.915. The monoisotopic (exact) mass is 358 g/mol. The van der Waals surface area contributed by atoms with Gasteiger partial charge in [-0.1, -0.05) is 18.2 Å². The molecule has 6 heteroatoms. The van der Waals surface area contributed by atoms with Crippen LogP contribution in [0.5, 0.6) is 5.75 Å². The lowest BCUT2D eigenvalue weighted by molar-refractivity contribution is -0.123. The number of fused-ring (bicyclic) bond motifs is 2. The molecule has 0 saturated carbocycles. The summed E-state index contributed by atoms with van der Waals surface area (Å²) in [6.45, 7) is 3.85. The average molecular weight is 358 g/mol. The van der Waals surface area contributed by atoms with Crippen molar-refractivity contribution >= 4 is 11.6 Å².